The molecule has 2 aromatic carbocycles. The Hall–Kier alpha value is -3.39. The van der Waals surface area contributed by atoms with Gasteiger partial charge >= 0.3 is 5.97 Å². The molecule has 0 radical (unpaired) electrons. The van der Waals surface area contributed by atoms with Crippen LogP contribution in [0.3, 0.4) is 0 Å². The number of carbonyl (C=O) groups is 4. The van der Waals surface area contributed by atoms with Gasteiger partial charge in [0.25, 0.3) is 11.8 Å². The van der Waals surface area contributed by atoms with Crippen LogP contribution in [0.4, 0.5) is 5.69 Å². The summed E-state index contributed by atoms with van der Waals surface area (Å²) in [6.07, 6.45) is -0.0167. The molecular formula is C21H20ClN3O5. The molecule has 0 saturated carbocycles. The molecule has 9 heteroatoms. The van der Waals surface area contributed by atoms with Crippen molar-refractivity contribution in [2.24, 2.45) is 5.92 Å². The van der Waals surface area contributed by atoms with Crippen molar-refractivity contribution in [1.29, 1.82) is 0 Å². The van der Waals surface area contributed by atoms with Crippen molar-refractivity contribution in [1.82, 2.24) is 10.9 Å². The van der Waals surface area contributed by atoms with E-state index in [0.717, 1.165) is 5.56 Å². The van der Waals surface area contributed by atoms with Gasteiger partial charge in [-0.05, 0) is 36.8 Å². The standard InChI is InChI=1S/C21H20ClN3O5/c1-13-16(22)8-5-9-17(13)25-11-15(10-19(25)27)21(29)30-12-18(26)23-24-20(28)14-6-3-2-4-7-14/h2-9,15H,10-12H2,1H3,(H,23,26)(H,24,28)/t15-/m0/s1. The lowest BCUT2D eigenvalue weighted by Gasteiger charge is -2.19. The highest BCUT2D eigenvalue weighted by molar-refractivity contribution is 6.31. The van der Waals surface area contributed by atoms with Gasteiger partial charge in [-0.3, -0.25) is 30.0 Å². The second-order valence-electron chi connectivity index (χ2n) is 6.77. The van der Waals surface area contributed by atoms with Crippen LogP contribution in [0, 0.1) is 12.8 Å². The molecule has 0 bridgehead atoms. The van der Waals surface area contributed by atoms with Crippen LogP contribution in [0.1, 0.15) is 22.3 Å². The molecule has 8 nitrogen and oxygen atoms in total. The molecular weight excluding hydrogens is 410 g/mol. The minimum Gasteiger partial charge on any atom is -0.455 e. The lowest BCUT2D eigenvalue weighted by molar-refractivity contribution is -0.152. The number of carbonyl (C=O) groups excluding carboxylic acids is 4. The topological polar surface area (TPSA) is 105 Å². The third kappa shape index (κ3) is 4.96. The highest BCUT2D eigenvalue weighted by Gasteiger charge is 2.37. The van der Waals surface area contributed by atoms with Crippen LogP contribution in [0.2, 0.25) is 5.02 Å². The predicted octanol–water partition coefficient (Wildman–Crippen LogP) is 2.01. The lowest BCUT2D eigenvalue weighted by atomic mass is 10.1. The van der Waals surface area contributed by atoms with E-state index in [-0.39, 0.29) is 18.9 Å². The van der Waals surface area contributed by atoms with Crippen molar-refractivity contribution < 1.29 is 23.9 Å². The number of ether oxygens (including phenoxy) is 1. The lowest BCUT2D eigenvalue weighted by Crippen LogP contribution is -2.43. The van der Waals surface area contributed by atoms with Crippen LogP contribution in [-0.2, 0) is 19.1 Å². The van der Waals surface area contributed by atoms with E-state index in [1.807, 2.05) is 0 Å². The van der Waals surface area contributed by atoms with E-state index < -0.39 is 30.3 Å². The number of halogens is 1. The second-order valence-corrected chi connectivity index (χ2v) is 7.17. The van der Waals surface area contributed by atoms with E-state index in [1.165, 1.54) is 4.90 Å². The molecule has 0 aliphatic carbocycles. The van der Waals surface area contributed by atoms with Gasteiger partial charge in [0.2, 0.25) is 5.91 Å². The Kier molecular flexibility index (Phi) is 6.68. The zero-order valence-corrected chi connectivity index (χ0v) is 16.9. The van der Waals surface area contributed by atoms with Gasteiger partial charge in [0.05, 0.1) is 5.92 Å². The first-order valence-electron chi connectivity index (χ1n) is 9.23. The molecule has 0 unspecified atom stereocenters. The molecule has 1 atom stereocenters. The minimum atomic E-state index is -0.695. The maximum Gasteiger partial charge on any atom is 0.311 e. The number of amides is 3. The maximum absolute atomic E-state index is 12.4. The molecule has 2 aromatic rings. The summed E-state index contributed by atoms with van der Waals surface area (Å²) in [5, 5.41) is 0.528. The largest absolute Gasteiger partial charge is 0.455 e. The van der Waals surface area contributed by atoms with Crippen molar-refractivity contribution in [2.45, 2.75) is 13.3 Å². The average Bonchev–Trinajstić information content (AvgIpc) is 3.14. The van der Waals surface area contributed by atoms with Gasteiger partial charge in [0.15, 0.2) is 6.61 Å². The van der Waals surface area contributed by atoms with Crippen LogP contribution in [0.15, 0.2) is 48.5 Å². The summed E-state index contributed by atoms with van der Waals surface area (Å²) in [6.45, 7) is 1.37. The number of hydrogen-bond donors (Lipinski definition) is 2. The zero-order valence-electron chi connectivity index (χ0n) is 16.2. The molecule has 3 amide bonds. The predicted molar refractivity (Wildman–Crippen MR) is 110 cm³/mol. The van der Waals surface area contributed by atoms with E-state index in [0.29, 0.717) is 16.3 Å². The van der Waals surface area contributed by atoms with Crippen LogP contribution >= 0.6 is 11.6 Å². The van der Waals surface area contributed by atoms with Gasteiger partial charge in [-0.1, -0.05) is 35.9 Å². The van der Waals surface area contributed by atoms with Crippen LogP contribution in [0.25, 0.3) is 0 Å². The quantitative estimate of drug-likeness (QED) is 0.558. The van der Waals surface area contributed by atoms with Gasteiger partial charge < -0.3 is 9.64 Å². The summed E-state index contributed by atoms with van der Waals surface area (Å²) in [5.74, 6) is -2.76. The average molecular weight is 430 g/mol. The number of hydrazine groups is 1. The number of nitrogens with zero attached hydrogens (tertiary/aromatic N) is 1. The molecule has 0 spiro atoms. The Bertz CT molecular complexity index is 980. The SMILES string of the molecule is Cc1c(Cl)cccc1N1C[C@@H](C(=O)OCC(=O)NNC(=O)c2ccccc2)CC1=O. The van der Waals surface area contributed by atoms with Crippen LogP contribution in [0.5, 0.6) is 0 Å². The second kappa shape index (κ2) is 9.41. The highest BCUT2D eigenvalue weighted by atomic mass is 35.5. The van der Waals surface area contributed by atoms with Gasteiger partial charge in [0, 0.05) is 29.2 Å². The minimum absolute atomic E-state index is 0.0167. The van der Waals surface area contributed by atoms with E-state index in [2.05, 4.69) is 10.9 Å². The van der Waals surface area contributed by atoms with Crippen molar-refractivity contribution in [2.75, 3.05) is 18.1 Å². The molecule has 2 N–H and O–H groups in total. The van der Waals surface area contributed by atoms with Crippen molar-refractivity contribution in [3.63, 3.8) is 0 Å². The maximum atomic E-state index is 12.4. The number of hydrogen-bond acceptors (Lipinski definition) is 5. The number of rotatable bonds is 5. The van der Waals surface area contributed by atoms with Crippen molar-refractivity contribution >= 4 is 41.0 Å². The third-order valence-electron chi connectivity index (χ3n) is 4.69. The number of nitrogens with one attached hydrogen (secondary N) is 2. The van der Waals surface area contributed by atoms with Crippen LogP contribution in [-0.4, -0.2) is 36.8 Å². The zero-order chi connectivity index (χ0) is 21.7. The summed E-state index contributed by atoms with van der Waals surface area (Å²) >= 11 is 6.11. The molecule has 1 saturated heterocycles. The van der Waals surface area contributed by atoms with Crippen LogP contribution < -0.4 is 15.8 Å². The van der Waals surface area contributed by atoms with Gasteiger partial charge in [0.1, 0.15) is 0 Å². The Morgan fingerprint density at radius 2 is 1.83 bits per heavy atom. The normalized spacial score (nSPS) is 15.6. The highest BCUT2D eigenvalue weighted by Crippen LogP contribution is 2.31. The molecule has 1 heterocycles. The molecule has 3 rings (SSSR count). The number of esters is 1. The molecule has 0 aromatic heterocycles. The number of anilines is 1. The van der Waals surface area contributed by atoms with E-state index >= 15 is 0 Å². The Morgan fingerprint density at radius 3 is 2.57 bits per heavy atom. The Morgan fingerprint density at radius 1 is 1.10 bits per heavy atom. The first kappa shape index (κ1) is 21.3. The summed E-state index contributed by atoms with van der Waals surface area (Å²) in [4.78, 5) is 49.8. The monoisotopic (exact) mass is 429 g/mol. The smallest absolute Gasteiger partial charge is 0.311 e. The third-order valence-corrected chi connectivity index (χ3v) is 5.09. The van der Waals surface area contributed by atoms with E-state index in [1.54, 1.807) is 55.5 Å². The van der Waals surface area contributed by atoms with Crippen molar-refractivity contribution in [3.05, 3.63) is 64.7 Å². The summed E-state index contributed by atoms with van der Waals surface area (Å²) in [5.41, 5.74) is 6.17. The summed E-state index contributed by atoms with van der Waals surface area (Å²) in [7, 11) is 0. The molecule has 156 valence electrons. The fourth-order valence-electron chi connectivity index (χ4n) is 3.07. The molecule has 1 aliphatic rings. The number of benzene rings is 2. The fourth-order valence-corrected chi connectivity index (χ4v) is 3.24. The van der Waals surface area contributed by atoms with Gasteiger partial charge in [-0.2, -0.15) is 0 Å². The van der Waals surface area contributed by atoms with E-state index in [9.17, 15) is 19.2 Å². The molecule has 30 heavy (non-hydrogen) atoms. The Labute approximate surface area is 178 Å². The van der Waals surface area contributed by atoms with E-state index in [4.69, 9.17) is 16.3 Å². The Balaban J connectivity index is 1.48. The first-order valence-corrected chi connectivity index (χ1v) is 9.61. The summed E-state index contributed by atoms with van der Waals surface area (Å²) < 4.78 is 5.01. The fraction of sp³-hybridized carbons (Fsp3) is 0.238. The van der Waals surface area contributed by atoms with Crippen molar-refractivity contribution in [3.8, 4) is 0 Å². The first-order chi connectivity index (χ1) is 14.4. The van der Waals surface area contributed by atoms with Gasteiger partial charge in [-0.25, -0.2) is 0 Å². The molecule has 1 fully saturated rings. The molecule has 1 aliphatic heterocycles. The van der Waals surface area contributed by atoms with Gasteiger partial charge in [-0.15, -0.1) is 0 Å². The summed E-state index contributed by atoms with van der Waals surface area (Å²) in [6, 6.07) is 13.5.